The predicted octanol–water partition coefficient (Wildman–Crippen LogP) is 4.99. The summed E-state index contributed by atoms with van der Waals surface area (Å²) in [5.41, 5.74) is 2.38. The second-order valence-corrected chi connectivity index (χ2v) is 10.0. The van der Waals surface area contributed by atoms with E-state index in [4.69, 9.17) is 4.74 Å². The first-order valence-electron chi connectivity index (χ1n) is 11.9. The summed E-state index contributed by atoms with van der Waals surface area (Å²) < 4.78 is 6.12. The van der Waals surface area contributed by atoms with E-state index in [1.807, 2.05) is 29.2 Å². The third-order valence-electron chi connectivity index (χ3n) is 6.68. The molecule has 1 saturated carbocycles. The van der Waals surface area contributed by atoms with Crippen LogP contribution in [0.5, 0.6) is 5.75 Å². The number of fused-ring (bicyclic) bond motifs is 1. The van der Waals surface area contributed by atoms with Crippen LogP contribution in [-0.4, -0.2) is 47.9 Å². The van der Waals surface area contributed by atoms with Crippen LogP contribution in [0.1, 0.15) is 61.1 Å². The van der Waals surface area contributed by atoms with E-state index in [0.717, 1.165) is 44.3 Å². The molecule has 1 aliphatic carbocycles. The van der Waals surface area contributed by atoms with Gasteiger partial charge in [0.2, 0.25) is 11.8 Å². The van der Waals surface area contributed by atoms with Gasteiger partial charge < -0.3 is 14.5 Å². The van der Waals surface area contributed by atoms with Gasteiger partial charge in [-0.05, 0) is 61.7 Å². The summed E-state index contributed by atoms with van der Waals surface area (Å²) in [5, 5.41) is 2.10. The number of ether oxygens (including phenoxy) is 1. The van der Waals surface area contributed by atoms with E-state index >= 15 is 0 Å². The maximum absolute atomic E-state index is 13.5. The van der Waals surface area contributed by atoms with Gasteiger partial charge in [-0.15, -0.1) is 11.3 Å². The van der Waals surface area contributed by atoms with Crippen molar-refractivity contribution >= 4 is 23.2 Å². The van der Waals surface area contributed by atoms with E-state index in [0.29, 0.717) is 19.7 Å². The van der Waals surface area contributed by atoms with Crippen molar-refractivity contribution in [3.63, 3.8) is 0 Å². The van der Waals surface area contributed by atoms with Gasteiger partial charge >= 0.3 is 0 Å². The molecule has 1 aromatic carbocycles. The average molecular weight is 455 g/mol. The van der Waals surface area contributed by atoms with Crippen LogP contribution >= 0.6 is 11.3 Å². The lowest BCUT2D eigenvalue weighted by molar-refractivity contribution is -0.144. The van der Waals surface area contributed by atoms with Crippen molar-refractivity contribution in [2.45, 2.75) is 58.4 Å². The molecule has 0 radical (unpaired) electrons. The van der Waals surface area contributed by atoms with Gasteiger partial charge in [0.1, 0.15) is 12.4 Å². The highest BCUT2D eigenvalue weighted by Crippen LogP contribution is 2.34. The summed E-state index contributed by atoms with van der Waals surface area (Å²) in [4.78, 5) is 31.6. The smallest absolute Gasteiger partial charge is 0.242 e. The van der Waals surface area contributed by atoms with Crippen LogP contribution < -0.4 is 4.74 Å². The van der Waals surface area contributed by atoms with E-state index in [2.05, 4.69) is 25.3 Å². The van der Waals surface area contributed by atoms with E-state index in [1.54, 1.807) is 16.2 Å². The number of hydrogen-bond acceptors (Lipinski definition) is 4. The fraction of sp³-hybridized carbons (Fsp3) is 0.538. The molecule has 2 aliphatic rings. The van der Waals surface area contributed by atoms with Gasteiger partial charge in [-0.1, -0.05) is 37.5 Å². The maximum Gasteiger partial charge on any atom is 0.242 e. The number of carbonyl (C=O) groups excluding carboxylic acids is 2. The van der Waals surface area contributed by atoms with Crippen molar-refractivity contribution in [3.8, 4) is 5.75 Å². The molecule has 1 aliphatic heterocycles. The summed E-state index contributed by atoms with van der Waals surface area (Å²) in [6.45, 7) is 6.02. The molecule has 2 aromatic rings. The van der Waals surface area contributed by atoms with Crippen LogP contribution in [0.15, 0.2) is 35.7 Å². The monoisotopic (exact) mass is 454 g/mol. The molecule has 0 spiro atoms. The number of benzene rings is 1. The normalized spacial score (nSPS) is 18.4. The average Bonchev–Trinajstić information content (AvgIpc) is 3.50. The topological polar surface area (TPSA) is 49.9 Å². The Labute approximate surface area is 195 Å². The van der Waals surface area contributed by atoms with E-state index < -0.39 is 0 Å². The van der Waals surface area contributed by atoms with Crippen molar-refractivity contribution in [2.75, 3.05) is 26.2 Å². The number of thiophene rings is 1. The van der Waals surface area contributed by atoms with Crippen LogP contribution in [0.2, 0.25) is 0 Å². The van der Waals surface area contributed by atoms with Gasteiger partial charge in [0.05, 0.1) is 12.6 Å². The summed E-state index contributed by atoms with van der Waals surface area (Å²) in [7, 11) is 0. The molecule has 0 bridgehead atoms. The molecule has 1 atom stereocenters. The highest BCUT2D eigenvalue weighted by Gasteiger charge is 2.34. The second kappa shape index (κ2) is 10.5. The molecule has 1 aromatic heterocycles. The quantitative estimate of drug-likeness (QED) is 0.565. The first kappa shape index (κ1) is 22.8. The molecule has 0 saturated heterocycles. The lowest BCUT2D eigenvalue weighted by Crippen LogP contribution is -2.48. The summed E-state index contributed by atoms with van der Waals surface area (Å²) in [5.74, 6) is 1.10. The SMILES string of the molecule is CCCN(CC(=O)N1CCc2sccc2[C@@H]1COc1ccc(C)cc1)C(=O)C1CCCC1. The number of carbonyl (C=O) groups is 2. The van der Waals surface area contributed by atoms with Crippen LogP contribution in [0, 0.1) is 12.8 Å². The predicted molar refractivity (Wildman–Crippen MR) is 128 cm³/mol. The second-order valence-electron chi connectivity index (χ2n) is 9.02. The molecule has 1 fully saturated rings. The van der Waals surface area contributed by atoms with Gasteiger partial charge in [0.15, 0.2) is 0 Å². The number of aryl methyl sites for hydroxylation is 1. The molecule has 0 unspecified atom stereocenters. The number of nitrogens with zero attached hydrogens (tertiary/aromatic N) is 2. The number of rotatable bonds is 8. The van der Waals surface area contributed by atoms with Gasteiger partial charge in [-0.25, -0.2) is 0 Å². The molecular weight excluding hydrogens is 420 g/mol. The van der Waals surface area contributed by atoms with Crippen molar-refractivity contribution in [1.82, 2.24) is 9.80 Å². The Morgan fingerprint density at radius 1 is 1.16 bits per heavy atom. The summed E-state index contributed by atoms with van der Waals surface area (Å²) >= 11 is 1.75. The first-order chi connectivity index (χ1) is 15.6. The lowest BCUT2D eigenvalue weighted by atomic mass is 10.00. The summed E-state index contributed by atoms with van der Waals surface area (Å²) in [6.07, 6.45) is 5.89. The minimum absolute atomic E-state index is 0.0270. The standard InChI is InChI=1S/C26H34N2O3S/c1-3-14-27(26(30)20-6-4-5-7-20)17-25(29)28-15-12-24-22(13-16-32-24)23(28)18-31-21-10-8-19(2)9-11-21/h8-11,13,16,20,23H,3-7,12,14-15,17-18H2,1-2H3/t23-/m0/s1. The maximum atomic E-state index is 13.5. The zero-order valence-corrected chi connectivity index (χ0v) is 20.0. The largest absolute Gasteiger partial charge is 0.491 e. The Balaban J connectivity index is 1.48. The third kappa shape index (κ3) is 5.17. The van der Waals surface area contributed by atoms with E-state index in [1.165, 1.54) is 16.0 Å². The highest BCUT2D eigenvalue weighted by atomic mass is 32.1. The Hall–Kier alpha value is -2.34. The number of amides is 2. The van der Waals surface area contributed by atoms with Crippen LogP contribution in [0.25, 0.3) is 0 Å². The molecule has 2 heterocycles. The Morgan fingerprint density at radius 2 is 1.91 bits per heavy atom. The molecule has 0 N–H and O–H groups in total. The fourth-order valence-corrected chi connectivity index (χ4v) is 5.83. The van der Waals surface area contributed by atoms with E-state index in [-0.39, 0.29) is 30.3 Å². The molecule has 2 amide bonds. The van der Waals surface area contributed by atoms with Gasteiger partial charge in [0.25, 0.3) is 0 Å². The van der Waals surface area contributed by atoms with Crippen LogP contribution in [-0.2, 0) is 16.0 Å². The molecule has 172 valence electrons. The van der Waals surface area contributed by atoms with Crippen molar-refractivity contribution in [2.24, 2.45) is 5.92 Å². The minimum Gasteiger partial charge on any atom is -0.491 e. The molecule has 4 rings (SSSR count). The minimum atomic E-state index is -0.121. The fourth-order valence-electron chi connectivity index (χ4n) is 4.91. The molecule has 5 nitrogen and oxygen atoms in total. The molecular formula is C26H34N2O3S. The Morgan fingerprint density at radius 3 is 2.62 bits per heavy atom. The highest BCUT2D eigenvalue weighted by molar-refractivity contribution is 7.10. The van der Waals surface area contributed by atoms with Crippen LogP contribution in [0.4, 0.5) is 0 Å². The van der Waals surface area contributed by atoms with E-state index in [9.17, 15) is 9.59 Å². The zero-order valence-electron chi connectivity index (χ0n) is 19.2. The van der Waals surface area contributed by atoms with Crippen molar-refractivity contribution < 1.29 is 14.3 Å². The van der Waals surface area contributed by atoms with Gasteiger partial charge in [0, 0.05) is 23.9 Å². The van der Waals surface area contributed by atoms with Gasteiger partial charge in [-0.3, -0.25) is 9.59 Å². The Kier molecular flexibility index (Phi) is 7.51. The molecule has 6 heteroatoms. The third-order valence-corrected chi connectivity index (χ3v) is 7.68. The van der Waals surface area contributed by atoms with Crippen molar-refractivity contribution in [3.05, 3.63) is 51.7 Å². The van der Waals surface area contributed by atoms with Crippen LogP contribution in [0.3, 0.4) is 0 Å². The van der Waals surface area contributed by atoms with Crippen molar-refractivity contribution in [1.29, 1.82) is 0 Å². The lowest BCUT2D eigenvalue weighted by Gasteiger charge is -2.37. The number of hydrogen-bond donors (Lipinski definition) is 0. The Bertz CT molecular complexity index is 917. The zero-order chi connectivity index (χ0) is 22.5. The van der Waals surface area contributed by atoms with Gasteiger partial charge in [-0.2, -0.15) is 0 Å². The molecule has 32 heavy (non-hydrogen) atoms. The summed E-state index contributed by atoms with van der Waals surface area (Å²) in [6, 6.07) is 10.0. The first-order valence-corrected chi connectivity index (χ1v) is 12.8.